The van der Waals surface area contributed by atoms with Gasteiger partial charge in [0.25, 0.3) is 5.69 Å². The van der Waals surface area contributed by atoms with Gasteiger partial charge in [0.05, 0.1) is 10.4 Å². The van der Waals surface area contributed by atoms with Gasteiger partial charge >= 0.3 is 0 Å². The van der Waals surface area contributed by atoms with Crippen LogP contribution in [0.2, 0.25) is 0 Å². The second-order valence-electron chi connectivity index (χ2n) is 5.04. The molecule has 0 bridgehead atoms. The molecule has 0 aliphatic carbocycles. The summed E-state index contributed by atoms with van der Waals surface area (Å²) in [5.41, 5.74) is 2.47. The maximum Gasteiger partial charge on any atom is 0.269 e. The van der Waals surface area contributed by atoms with Crippen LogP contribution in [0.4, 0.5) is 17.3 Å². The molecule has 0 spiro atoms. The Morgan fingerprint density at radius 2 is 1.74 bits per heavy atom. The number of pyridine rings is 1. The normalized spacial score (nSPS) is 11.0. The first-order valence-corrected chi connectivity index (χ1v) is 6.97. The topological polar surface area (TPSA) is 85.4 Å². The van der Waals surface area contributed by atoms with Crippen molar-refractivity contribution in [3.63, 3.8) is 0 Å². The third-order valence-corrected chi connectivity index (χ3v) is 3.61. The highest BCUT2D eigenvalue weighted by Gasteiger charge is 2.10. The van der Waals surface area contributed by atoms with Gasteiger partial charge in [-0.25, -0.2) is 0 Å². The van der Waals surface area contributed by atoms with E-state index in [2.05, 4.69) is 15.5 Å². The van der Waals surface area contributed by atoms with Gasteiger partial charge in [0.1, 0.15) is 0 Å². The number of aromatic nitrogens is 3. The van der Waals surface area contributed by atoms with Gasteiger partial charge in [-0.3, -0.25) is 14.5 Å². The maximum atomic E-state index is 10.7. The Labute approximate surface area is 130 Å². The Kier molecular flexibility index (Phi) is 2.90. The predicted molar refractivity (Wildman–Crippen MR) is 86.9 cm³/mol. The number of fused-ring (bicyclic) bond motifs is 3. The number of nitrogens with one attached hydrogen (secondary N) is 1. The largest absolute Gasteiger partial charge is 0.324 e. The summed E-state index contributed by atoms with van der Waals surface area (Å²) >= 11 is 0. The second-order valence-corrected chi connectivity index (χ2v) is 5.04. The lowest BCUT2D eigenvalue weighted by Crippen LogP contribution is -1.98. The van der Waals surface area contributed by atoms with Crippen molar-refractivity contribution < 1.29 is 4.92 Å². The minimum absolute atomic E-state index is 0.0482. The highest BCUT2D eigenvalue weighted by molar-refractivity contribution is 5.83. The van der Waals surface area contributed by atoms with E-state index in [9.17, 15) is 10.1 Å². The molecule has 0 saturated heterocycles. The summed E-state index contributed by atoms with van der Waals surface area (Å²) in [6.07, 6.45) is 0. The molecule has 0 amide bonds. The Hall–Kier alpha value is -3.48. The van der Waals surface area contributed by atoms with Gasteiger partial charge in [-0.05, 0) is 35.7 Å². The van der Waals surface area contributed by atoms with Gasteiger partial charge in [-0.15, -0.1) is 10.2 Å². The zero-order valence-corrected chi connectivity index (χ0v) is 11.9. The summed E-state index contributed by atoms with van der Waals surface area (Å²) in [6.45, 7) is 0. The van der Waals surface area contributed by atoms with Crippen LogP contribution in [0.25, 0.3) is 16.6 Å². The first-order valence-electron chi connectivity index (χ1n) is 6.97. The quantitative estimate of drug-likeness (QED) is 0.462. The molecule has 2 heterocycles. The SMILES string of the molecule is O=[N+]([O-])c1ccc(Nc2nnc3ccc4ccccc4n23)cc1. The molecule has 0 fully saturated rings. The highest BCUT2D eigenvalue weighted by Crippen LogP contribution is 2.23. The zero-order valence-electron chi connectivity index (χ0n) is 11.9. The summed E-state index contributed by atoms with van der Waals surface area (Å²) in [4.78, 5) is 10.3. The van der Waals surface area contributed by atoms with Crippen molar-refractivity contribution in [2.24, 2.45) is 0 Å². The molecule has 0 aliphatic heterocycles. The molecule has 4 rings (SSSR count). The smallest absolute Gasteiger partial charge is 0.269 e. The van der Waals surface area contributed by atoms with E-state index in [0.717, 1.165) is 16.6 Å². The van der Waals surface area contributed by atoms with Crippen molar-refractivity contribution in [1.82, 2.24) is 14.6 Å². The van der Waals surface area contributed by atoms with Crippen molar-refractivity contribution in [3.8, 4) is 0 Å². The van der Waals surface area contributed by atoms with E-state index in [1.807, 2.05) is 40.8 Å². The maximum absolute atomic E-state index is 10.7. The van der Waals surface area contributed by atoms with Gasteiger partial charge < -0.3 is 5.32 Å². The average molecular weight is 305 g/mol. The van der Waals surface area contributed by atoms with Crippen LogP contribution in [0.15, 0.2) is 60.7 Å². The number of nitro groups is 1. The number of nitrogens with zero attached hydrogens (tertiary/aromatic N) is 4. The van der Waals surface area contributed by atoms with E-state index < -0.39 is 4.92 Å². The van der Waals surface area contributed by atoms with E-state index in [1.54, 1.807) is 12.1 Å². The molecule has 2 aromatic carbocycles. The van der Waals surface area contributed by atoms with Crippen LogP contribution >= 0.6 is 0 Å². The number of para-hydroxylation sites is 1. The zero-order chi connectivity index (χ0) is 15.8. The van der Waals surface area contributed by atoms with Crippen LogP contribution in [0.3, 0.4) is 0 Å². The minimum atomic E-state index is -0.427. The lowest BCUT2D eigenvalue weighted by atomic mass is 10.2. The molecular formula is C16H11N5O2. The standard InChI is InChI=1S/C16H11N5O2/c22-21(23)13-8-6-12(7-9-13)17-16-19-18-15-10-5-11-3-1-2-4-14(11)20(15)16/h1-10H,(H,17,19). The lowest BCUT2D eigenvalue weighted by molar-refractivity contribution is -0.384. The van der Waals surface area contributed by atoms with Crippen molar-refractivity contribution in [1.29, 1.82) is 0 Å². The molecule has 0 aliphatic rings. The van der Waals surface area contributed by atoms with Crippen molar-refractivity contribution in [2.45, 2.75) is 0 Å². The number of anilines is 2. The molecule has 0 atom stereocenters. The number of hydrogen-bond acceptors (Lipinski definition) is 5. The van der Waals surface area contributed by atoms with Gasteiger partial charge in [0, 0.05) is 17.8 Å². The Morgan fingerprint density at radius 1 is 0.957 bits per heavy atom. The van der Waals surface area contributed by atoms with Gasteiger partial charge in [-0.2, -0.15) is 0 Å². The van der Waals surface area contributed by atoms with Crippen molar-refractivity contribution >= 4 is 33.9 Å². The first kappa shape index (κ1) is 13.2. The van der Waals surface area contributed by atoms with E-state index >= 15 is 0 Å². The molecule has 2 aromatic heterocycles. The molecule has 0 unspecified atom stereocenters. The third-order valence-electron chi connectivity index (χ3n) is 3.61. The van der Waals surface area contributed by atoms with Crippen LogP contribution in [0.5, 0.6) is 0 Å². The summed E-state index contributed by atoms with van der Waals surface area (Å²) in [6, 6.07) is 18.0. The van der Waals surface area contributed by atoms with E-state index in [4.69, 9.17) is 0 Å². The Morgan fingerprint density at radius 3 is 2.52 bits per heavy atom. The molecule has 112 valence electrons. The summed E-state index contributed by atoms with van der Waals surface area (Å²) in [5, 5.41) is 23.3. The van der Waals surface area contributed by atoms with E-state index in [0.29, 0.717) is 11.6 Å². The van der Waals surface area contributed by atoms with Crippen molar-refractivity contribution in [3.05, 3.63) is 70.8 Å². The van der Waals surface area contributed by atoms with Gasteiger partial charge in [0.2, 0.25) is 5.95 Å². The molecule has 4 aromatic rings. The number of non-ortho nitro benzene ring substituents is 1. The lowest BCUT2D eigenvalue weighted by Gasteiger charge is -2.07. The minimum Gasteiger partial charge on any atom is -0.324 e. The van der Waals surface area contributed by atoms with E-state index in [1.165, 1.54) is 12.1 Å². The average Bonchev–Trinajstić information content (AvgIpc) is 2.99. The number of hydrogen-bond donors (Lipinski definition) is 1. The van der Waals surface area contributed by atoms with Gasteiger partial charge in [-0.1, -0.05) is 18.2 Å². The van der Waals surface area contributed by atoms with Crippen LogP contribution in [0.1, 0.15) is 0 Å². The van der Waals surface area contributed by atoms with Gasteiger partial charge in [0.15, 0.2) is 5.65 Å². The number of nitro benzene ring substituents is 1. The van der Waals surface area contributed by atoms with Crippen LogP contribution < -0.4 is 5.32 Å². The molecule has 23 heavy (non-hydrogen) atoms. The fourth-order valence-corrected chi connectivity index (χ4v) is 2.51. The monoisotopic (exact) mass is 305 g/mol. The predicted octanol–water partition coefficient (Wildman–Crippen LogP) is 3.53. The summed E-state index contributed by atoms with van der Waals surface area (Å²) < 4.78 is 1.91. The first-order chi connectivity index (χ1) is 11.2. The molecule has 0 radical (unpaired) electrons. The van der Waals surface area contributed by atoms with Crippen LogP contribution in [-0.4, -0.2) is 19.5 Å². The third kappa shape index (κ3) is 2.24. The molecule has 0 saturated carbocycles. The molecule has 7 heteroatoms. The molecular weight excluding hydrogens is 294 g/mol. The Bertz CT molecular complexity index is 1020. The fourth-order valence-electron chi connectivity index (χ4n) is 2.51. The number of benzene rings is 2. The fraction of sp³-hybridized carbons (Fsp3) is 0. The second kappa shape index (κ2) is 5.06. The van der Waals surface area contributed by atoms with E-state index in [-0.39, 0.29) is 5.69 Å². The summed E-state index contributed by atoms with van der Waals surface area (Å²) in [7, 11) is 0. The molecule has 1 N–H and O–H groups in total. The molecule has 7 nitrogen and oxygen atoms in total. The number of rotatable bonds is 3. The Balaban J connectivity index is 1.79. The summed E-state index contributed by atoms with van der Waals surface area (Å²) in [5.74, 6) is 0.561. The highest BCUT2D eigenvalue weighted by atomic mass is 16.6. The van der Waals surface area contributed by atoms with Crippen LogP contribution in [0, 0.1) is 10.1 Å². The van der Waals surface area contributed by atoms with Crippen LogP contribution in [-0.2, 0) is 0 Å². The van der Waals surface area contributed by atoms with Crippen molar-refractivity contribution in [2.75, 3.05) is 5.32 Å².